The Morgan fingerprint density at radius 3 is 1.76 bits per heavy atom. The number of hydrazine groups is 1. The Kier molecular flexibility index (Phi) is 17.3. The third kappa shape index (κ3) is 15.8. The van der Waals surface area contributed by atoms with Gasteiger partial charge >= 0.3 is 0 Å². The molecule has 9 N–H and O–H groups in total. The number of nitrogens with one attached hydrogen (secondary N) is 3. The Morgan fingerprint density at radius 1 is 0.784 bits per heavy atom. The fraction of sp³-hybridized carbons (Fsp3) is 0.0714. The molecule has 0 spiro atoms. The molecule has 0 radical (unpaired) electrons. The van der Waals surface area contributed by atoms with E-state index in [4.69, 9.17) is 22.7 Å². The summed E-state index contributed by atoms with van der Waals surface area (Å²) in [4.78, 5) is 2.35. The summed E-state index contributed by atoms with van der Waals surface area (Å²) in [5.74, 6) is 5.13. The first-order valence-corrected chi connectivity index (χ1v) is 12.8. The van der Waals surface area contributed by atoms with Crippen LogP contribution in [0.4, 0.5) is 11.4 Å². The molecule has 4 aromatic rings. The molecule has 0 bridgehead atoms. The van der Waals surface area contributed by atoms with Gasteiger partial charge in [0, 0.05) is 39.3 Å². The lowest BCUT2D eigenvalue weighted by molar-refractivity contribution is 1.28. The molecule has 0 aliphatic heterocycles. The van der Waals surface area contributed by atoms with Gasteiger partial charge in [0.05, 0.1) is 6.34 Å². The average Bonchev–Trinajstić information content (AvgIpc) is 2.96. The molecule has 0 heterocycles. The molecule has 0 aliphatic rings. The zero-order valence-electron chi connectivity index (χ0n) is 21.0. The summed E-state index contributed by atoms with van der Waals surface area (Å²) in [5.41, 5.74) is 16.8. The molecule has 0 unspecified atom stereocenters. The summed E-state index contributed by atoms with van der Waals surface area (Å²) in [6.45, 7) is 2.04. The smallest absolute Gasteiger partial charge is 0.0941 e. The second-order valence-electron chi connectivity index (χ2n) is 7.10. The second kappa shape index (κ2) is 20.4. The van der Waals surface area contributed by atoms with Gasteiger partial charge in [-0.15, -0.1) is 0 Å². The topological polar surface area (TPSA) is 138 Å². The number of benzene rings is 4. The molecule has 9 heteroatoms. The van der Waals surface area contributed by atoms with E-state index in [2.05, 4.69) is 26.7 Å². The van der Waals surface area contributed by atoms with Crippen molar-refractivity contribution in [1.29, 1.82) is 5.41 Å². The lowest BCUT2D eigenvalue weighted by Gasteiger charge is -1.97. The van der Waals surface area contributed by atoms with Crippen molar-refractivity contribution in [3.8, 4) is 0 Å². The van der Waals surface area contributed by atoms with Gasteiger partial charge in [-0.25, -0.2) is 4.40 Å². The highest BCUT2D eigenvalue weighted by Crippen LogP contribution is 2.16. The van der Waals surface area contributed by atoms with Crippen LogP contribution in [0.15, 0.2) is 123 Å². The molecular weight excluding hydrogens is 498 g/mol. The summed E-state index contributed by atoms with van der Waals surface area (Å²) in [6, 6.07) is 35.1. The maximum absolute atomic E-state index is 6.89. The Bertz CT molecular complexity index is 1100. The predicted octanol–water partition coefficient (Wildman–Crippen LogP) is 6.14. The van der Waals surface area contributed by atoms with E-state index in [-0.39, 0.29) is 0 Å². The molecule has 0 fully saturated rings. The van der Waals surface area contributed by atoms with Gasteiger partial charge in [0.1, 0.15) is 0 Å². The quantitative estimate of drug-likeness (QED) is 0.0437. The van der Waals surface area contributed by atoms with E-state index in [1.807, 2.05) is 111 Å². The molecule has 0 saturated heterocycles. The number of anilines is 2. The van der Waals surface area contributed by atoms with Gasteiger partial charge in [0.2, 0.25) is 0 Å². The zero-order chi connectivity index (χ0) is 27.1. The lowest BCUT2D eigenvalue weighted by atomic mass is 10.2. The third-order valence-electron chi connectivity index (χ3n) is 4.25. The summed E-state index contributed by atoms with van der Waals surface area (Å²) in [5, 5.41) is 6.89. The minimum Gasteiger partial charge on any atom is -0.399 e. The number of nitrogen functional groups attached to an aromatic ring is 2. The van der Waals surface area contributed by atoms with Crippen LogP contribution < -0.4 is 27.5 Å². The molecular formula is C28H35N7S2. The number of hydrogen-bond acceptors (Lipinski definition) is 8. The molecule has 0 aliphatic carbocycles. The van der Waals surface area contributed by atoms with Crippen molar-refractivity contribution in [2.75, 3.05) is 18.2 Å². The molecule has 4 rings (SSSR count). The monoisotopic (exact) mass is 533 g/mol. The van der Waals surface area contributed by atoms with Crippen molar-refractivity contribution >= 4 is 47.8 Å². The van der Waals surface area contributed by atoms with Gasteiger partial charge in [0.15, 0.2) is 0 Å². The summed E-state index contributed by atoms with van der Waals surface area (Å²) in [6.07, 6.45) is 2.58. The Balaban J connectivity index is 0.000000248. The molecule has 7 nitrogen and oxygen atoms in total. The SMILES string of the molecule is CNSc1ccccc1.Cc1ccc(N)cc1.N/C=N\Sc1ccccc1.N=Cc1ccc(NN)cc1. The van der Waals surface area contributed by atoms with Crippen LogP contribution >= 0.6 is 23.9 Å². The number of rotatable bonds is 6. The molecule has 0 aromatic heterocycles. The van der Waals surface area contributed by atoms with Crippen molar-refractivity contribution in [1.82, 2.24) is 4.72 Å². The predicted molar refractivity (Wildman–Crippen MR) is 164 cm³/mol. The molecule has 37 heavy (non-hydrogen) atoms. The Morgan fingerprint density at radius 2 is 1.32 bits per heavy atom. The number of nitrogens with zero attached hydrogens (tertiary/aromatic N) is 1. The largest absolute Gasteiger partial charge is 0.399 e. The molecule has 0 amide bonds. The normalized spacial score (nSPS) is 9.49. The van der Waals surface area contributed by atoms with Gasteiger partial charge in [-0.05, 0) is 80.0 Å². The highest BCUT2D eigenvalue weighted by Gasteiger charge is 1.87. The Labute approximate surface area is 228 Å². The Hall–Kier alpha value is -3.76. The molecule has 0 atom stereocenters. The molecule has 0 saturated carbocycles. The van der Waals surface area contributed by atoms with Crippen molar-refractivity contribution in [3.05, 3.63) is 120 Å². The van der Waals surface area contributed by atoms with Crippen molar-refractivity contribution < 1.29 is 0 Å². The second-order valence-corrected chi connectivity index (χ2v) is 9.05. The van der Waals surface area contributed by atoms with E-state index in [0.717, 1.165) is 21.8 Å². The maximum Gasteiger partial charge on any atom is 0.0941 e. The third-order valence-corrected chi connectivity index (χ3v) is 5.67. The highest BCUT2D eigenvalue weighted by atomic mass is 32.2. The van der Waals surface area contributed by atoms with Crippen molar-refractivity contribution in [3.63, 3.8) is 0 Å². The van der Waals surface area contributed by atoms with Gasteiger partial charge in [-0.2, -0.15) is 0 Å². The van der Waals surface area contributed by atoms with E-state index < -0.39 is 0 Å². The number of aryl methyl sites for hydroxylation is 1. The fourth-order valence-electron chi connectivity index (χ4n) is 2.42. The van der Waals surface area contributed by atoms with Crippen LogP contribution in [0, 0.1) is 12.3 Å². The zero-order valence-corrected chi connectivity index (χ0v) is 22.7. The van der Waals surface area contributed by atoms with Gasteiger partial charge in [0.25, 0.3) is 0 Å². The summed E-state index contributed by atoms with van der Waals surface area (Å²) < 4.78 is 6.81. The number of hydrogen-bond donors (Lipinski definition) is 6. The lowest BCUT2D eigenvalue weighted by Crippen LogP contribution is -2.06. The van der Waals surface area contributed by atoms with E-state index in [1.165, 1.54) is 35.0 Å². The van der Waals surface area contributed by atoms with Crippen LogP contribution in [-0.2, 0) is 0 Å². The first kappa shape index (κ1) is 31.3. The summed E-state index contributed by atoms with van der Waals surface area (Å²) in [7, 11) is 1.91. The minimum atomic E-state index is 0.829. The van der Waals surface area contributed by atoms with Crippen LogP contribution in [0.5, 0.6) is 0 Å². The van der Waals surface area contributed by atoms with Crippen molar-refractivity contribution in [2.24, 2.45) is 16.0 Å². The van der Waals surface area contributed by atoms with E-state index in [0.29, 0.717) is 0 Å². The first-order chi connectivity index (χ1) is 18.0. The minimum absolute atomic E-state index is 0.829. The van der Waals surface area contributed by atoms with Crippen LogP contribution in [0.2, 0.25) is 0 Å². The van der Waals surface area contributed by atoms with Crippen LogP contribution in [0.3, 0.4) is 0 Å². The number of nitrogens with two attached hydrogens (primary N) is 3. The van der Waals surface area contributed by atoms with E-state index in [9.17, 15) is 0 Å². The van der Waals surface area contributed by atoms with Crippen molar-refractivity contribution in [2.45, 2.75) is 16.7 Å². The van der Waals surface area contributed by atoms with Gasteiger partial charge in [-0.3, -0.25) is 10.6 Å². The van der Waals surface area contributed by atoms with Gasteiger partial charge in [-0.1, -0.05) is 66.2 Å². The molecule has 4 aromatic carbocycles. The maximum atomic E-state index is 6.89. The standard InChI is InChI=1S/C7H9N3.C7H8N2S.C7H9NS.C7H9N/c8-5-6-1-3-7(10-9)4-2-6;8-6-9-10-7-4-2-1-3-5-7;1-8-9-7-5-3-2-4-6-7;1-6-2-4-7(8)5-3-6/h1-5,8,10H,9H2;1-6H,(H2,8,9);2-6,8H,1H3;2-5H,8H2,1H3. The molecule has 194 valence electrons. The summed E-state index contributed by atoms with van der Waals surface area (Å²) >= 11 is 2.99. The van der Waals surface area contributed by atoms with E-state index >= 15 is 0 Å². The van der Waals surface area contributed by atoms with Crippen LogP contribution in [0.1, 0.15) is 11.1 Å². The van der Waals surface area contributed by atoms with Gasteiger partial charge < -0.3 is 22.3 Å². The fourth-order valence-corrected chi connectivity index (χ4v) is 3.41. The van der Waals surface area contributed by atoms with Crippen LogP contribution in [0.25, 0.3) is 0 Å². The average molecular weight is 534 g/mol. The van der Waals surface area contributed by atoms with Crippen LogP contribution in [-0.4, -0.2) is 19.6 Å². The first-order valence-electron chi connectivity index (χ1n) is 11.3. The van der Waals surface area contributed by atoms with E-state index in [1.54, 1.807) is 11.9 Å². The highest BCUT2D eigenvalue weighted by molar-refractivity contribution is 7.98.